The van der Waals surface area contributed by atoms with Crippen LogP contribution in [0.25, 0.3) is 0 Å². The Morgan fingerprint density at radius 1 is 1.00 bits per heavy atom. The van der Waals surface area contributed by atoms with Crippen molar-refractivity contribution in [2.45, 2.75) is 39.7 Å². The number of nitrogens with one attached hydrogen (secondary N) is 1. The van der Waals surface area contributed by atoms with Crippen molar-refractivity contribution < 1.29 is 14.3 Å². The van der Waals surface area contributed by atoms with E-state index >= 15 is 0 Å². The molecule has 0 spiro atoms. The lowest BCUT2D eigenvalue weighted by Crippen LogP contribution is -2.38. The third kappa shape index (κ3) is 4.50. The quantitative estimate of drug-likeness (QED) is 0.383. The summed E-state index contributed by atoms with van der Waals surface area (Å²) in [5, 5.41) is 3.52. The van der Waals surface area contributed by atoms with Crippen molar-refractivity contribution in [3.05, 3.63) is 94.1 Å². The van der Waals surface area contributed by atoms with Crippen LogP contribution >= 0.6 is 15.9 Å². The van der Waals surface area contributed by atoms with Crippen LogP contribution in [0.3, 0.4) is 0 Å². The molecule has 1 heterocycles. The second-order valence-electron chi connectivity index (χ2n) is 9.87. The van der Waals surface area contributed by atoms with Crippen LogP contribution < -0.4 is 15.0 Å². The summed E-state index contributed by atoms with van der Waals surface area (Å²) in [6.45, 7) is 5.77. The van der Waals surface area contributed by atoms with Crippen molar-refractivity contribution in [1.82, 2.24) is 0 Å². The first kappa shape index (κ1) is 23.4. The molecule has 5 rings (SSSR count). The molecule has 0 saturated carbocycles. The van der Waals surface area contributed by atoms with Crippen molar-refractivity contribution in [1.29, 1.82) is 0 Å². The van der Waals surface area contributed by atoms with E-state index in [1.807, 2.05) is 72.8 Å². The number of fused-ring (bicyclic) bond motifs is 1. The van der Waals surface area contributed by atoms with Crippen molar-refractivity contribution in [3.8, 4) is 11.5 Å². The van der Waals surface area contributed by atoms with Gasteiger partial charge in [-0.25, -0.2) is 0 Å². The lowest BCUT2D eigenvalue weighted by Gasteiger charge is -2.36. The van der Waals surface area contributed by atoms with Crippen molar-refractivity contribution >= 4 is 39.0 Å². The number of anilines is 2. The van der Waals surface area contributed by atoms with Gasteiger partial charge >= 0.3 is 0 Å². The number of carbonyl (C=O) groups excluding carboxylic acids is 2. The molecular formula is C29H27BrN2O3. The molecule has 1 atom stereocenters. The van der Waals surface area contributed by atoms with E-state index in [0.717, 1.165) is 33.5 Å². The second-order valence-corrected chi connectivity index (χ2v) is 10.7. The molecule has 6 heteroatoms. The molecule has 0 saturated heterocycles. The molecule has 1 aliphatic carbocycles. The maximum absolute atomic E-state index is 13.6. The molecule has 0 aromatic heterocycles. The number of hydrogen-bond donors (Lipinski definition) is 1. The van der Waals surface area contributed by atoms with Crippen LogP contribution in [0, 0.1) is 5.41 Å². The van der Waals surface area contributed by atoms with E-state index in [1.54, 1.807) is 11.8 Å². The molecule has 35 heavy (non-hydrogen) atoms. The van der Waals surface area contributed by atoms with Gasteiger partial charge in [0.1, 0.15) is 11.5 Å². The predicted octanol–water partition coefficient (Wildman–Crippen LogP) is 7.40. The SMILES string of the molecule is CC(=O)N1c2ccccc2NC2=C(C(=O)CC(C)(C)C2)C1c1ccc(Oc2ccccc2Br)cc1. The second kappa shape index (κ2) is 9.00. The minimum atomic E-state index is -0.528. The zero-order chi connectivity index (χ0) is 24.7. The molecule has 0 radical (unpaired) electrons. The zero-order valence-corrected chi connectivity index (χ0v) is 21.6. The number of benzene rings is 3. The van der Waals surface area contributed by atoms with Gasteiger partial charge in [0.25, 0.3) is 0 Å². The summed E-state index contributed by atoms with van der Waals surface area (Å²) in [4.78, 5) is 28.4. The largest absolute Gasteiger partial charge is 0.456 e. The van der Waals surface area contributed by atoms with Crippen LogP contribution in [0.2, 0.25) is 0 Å². The Kier molecular flexibility index (Phi) is 6.01. The number of rotatable bonds is 3. The van der Waals surface area contributed by atoms with Crippen LogP contribution in [0.1, 0.15) is 45.2 Å². The first-order valence-corrected chi connectivity index (χ1v) is 12.5. The van der Waals surface area contributed by atoms with Crippen molar-refractivity contribution in [3.63, 3.8) is 0 Å². The Morgan fingerprint density at radius 3 is 2.40 bits per heavy atom. The molecule has 178 valence electrons. The van der Waals surface area contributed by atoms with Crippen LogP contribution in [-0.4, -0.2) is 11.7 Å². The van der Waals surface area contributed by atoms with Crippen LogP contribution in [0.15, 0.2) is 88.5 Å². The summed E-state index contributed by atoms with van der Waals surface area (Å²) >= 11 is 3.51. The smallest absolute Gasteiger partial charge is 0.224 e. The molecule has 3 aromatic rings. The Bertz CT molecular complexity index is 1340. The van der Waals surface area contributed by atoms with Gasteiger partial charge in [0.15, 0.2) is 5.78 Å². The van der Waals surface area contributed by atoms with Crippen LogP contribution in [-0.2, 0) is 9.59 Å². The fourth-order valence-corrected chi connectivity index (χ4v) is 5.39. The number of Topliss-reactive ketones (excluding diaryl/α,β-unsaturated/α-hetero) is 1. The lowest BCUT2D eigenvalue weighted by atomic mass is 9.73. The Balaban J connectivity index is 1.62. The zero-order valence-electron chi connectivity index (χ0n) is 20.0. The molecular weight excluding hydrogens is 504 g/mol. The maximum Gasteiger partial charge on any atom is 0.224 e. The number of ketones is 1. The van der Waals surface area contributed by atoms with Gasteiger partial charge in [-0.3, -0.25) is 14.5 Å². The fourth-order valence-electron chi connectivity index (χ4n) is 5.02. The minimum absolute atomic E-state index is 0.0707. The highest BCUT2D eigenvalue weighted by Gasteiger charge is 2.42. The predicted molar refractivity (Wildman–Crippen MR) is 142 cm³/mol. The summed E-state index contributed by atoms with van der Waals surface area (Å²) in [7, 11) is 0. The van der Waals surface area contributed by atoms with E-state index in [-0.39, 0.29) is 17.1 Å². The maximum atomic E-state index is 13.6. The summed E-state index contributed by atoms with van der Waals surface area (Å²) < 4.78 is 6.91. The molecule has 5 nitrogen and oxygen atoms in total. The molecule has 0 fully saturated rings. The van der Waals surface area contributed by atoms with Crippen molar-refractivity contribution in [2.24, 2.45) is 5.41 Å². The van der Waals surface area contributed by atoms with E-state index < -0.39 is 6.04 Å². The highest BCUT2D eigenvalue weighted by atomic mass is 79.9. The van der Waals surface area contributed by atoms with Gasteiger partial charge in [0, 0.05) is 24.6 Å². The molecule has 1 unspecified atom stereocenters. The number of nitrogens with zero attached hydrogens (tertiary/aromatic N) is 1. The molecule has 1 aliphatic heterocycles. The fraction of sp³-hybridized carbons (Fsp3) is 0.241. The van der Waals surface area contributed by atoms with Gasteiger partial charge in [-0.05, 0) is 69.7 Å². The van der Waals surface area contributed by atoms with E-state index in [0.29, 0.717) is 23.5 Å². The van der Waals surface area contributed by atoms with Gasteiger partial charge in [-0.15, -0.1) is 0 Å². The number of amides is 1. The summed E-state index contributed by atoms with van der Waals surface area (Å²) in [5.41, 5.74) is 3.85. The summed E-state index contributed by atoms with van der Waals surface area (Å²) in [5.74, 6) is 1.34. The van der Waals surface area contributed by atoms with Crippen LogP contribution in [0.5, 0.6) is 11.5 Å². The Labute approximate surface area is 213 Å². The first-order chi connectivity index (χ1) is 16.7. The molecule has 2 aliphatic rings. The molecule has 1 amide bonds. The first-order valence-electron chi connectivity index (χ1n) is 11.7. The number of allylic oxidation sites excluding steroid dienone is 1. The molecule has 1 N–H and O–H groups in total. The van der Waals surface area contributed by atoms with Crippen LogP contribution in [0.4, 0.5) is 11.4 Å². The Morgan fingerprint density at radius 2 is 1.69 bits per heavy atom. The standard InChI is InChI=1S/C29H27BrN2O3/c1-18(33)32-24-10-6-5-9-22(24)31-23-16-29(2,3)17-25(34)27(23)28(32)19-12-14-20(15-13-19)35-26-11-7-4-8-21(26)30/h4-15,28,31H,16-17H2,1-3H3. The molecule has 3 aromatic carbocycles. The highest BCUT2D eigenvalue weighted by Crippen LogP contribution is 2.48. The number of para-hydroxylation sites is 3. The van der Waals surface area contributed by atoms with Gasteiger partial charge < -0.3 is 10.1 Å². The minimum Gasteiger partial charge on any atom is -0.456 e. The third-order valence-corrected chi connectivity index (χ3v) is 7.16. The van der Waals surface area contributed by atoms with Gasteiger partial charge in [-0.1, -0.05) is 50.2 Å². The number of ether oxygens (including phenoxy) is 1. The lowest BCUT2D eigenvalue weighted by molar-refractivity contribution is -0.118. The number of hydrogen-bond acceptors (Lipinski definition) is 4. The molecule has 0 bridgehead atoms. The topological polar surface area (TPSA) is 58.6 Å². The summed E-state index contributed by atoms with van der Waals surface area (Å²) in [6.07, 6.45) is 1.17. The van der Waals surface area contributed by atoms with E-state index in [9.17, 15) is 9.59 Å². The van der Waals surface area contributed by atoms with E-state index in [2.05, 4.69) is 35.1 Å². The van der Waals surface area contributed by atoms with Gasteiger partial charge in [-0.2, -0.15) is 0 Å². The highest BCUT2D eigenvalue weighted by molar-refractivity contribution is 9.10. The van der Waals surface area contributed by atoms with Gasteiger partial charge in [0.2, 0.25) is 5.91 Å². The van der Waals surface area contributed by atoms with Crippen molar-refractivity contribution in [2.75, 3.05) is 10.2 Å². The normalized spacial score (nSPS) is 18.8. The third-order valence-electron chi connectivity index (χ3n) is 6.50. The Hall–Kier alpha value is -3.38. The average molecular weight is 531 g/mol. The van der Waals surface area contributed by atoms with E-state index in [1.165, 1.54) is 0 Å². The van der Waals surface area contributed by atoms with Gasteiger partial charge in [0.05, 0.1) is 21.9 Å². The number of halogens is 1. The van der Waals surface area contributed by atoms with E-state index in [4.69, 9.17) is 4.74 Å². The number of carbonyl (C=O) groups is 2. The monoisotopic (exact) mass is 530 g/mol. The average Bonchev–Trinajstić information content (AvgIpc) is 2.94. The summed E-state index contributed by atoms with van der Waals surface area (Å²) in [6, 6.07) is 22.5.